The fraction of sp³-hybridized carbons (Fsp3) is 0.364. The van der Waals surface area contributed by atoms with Crippen LogP contribution in [0, 0.1) is 0 Å². The Morgan fingerprint density at radius 2 is 2.07 bits per heavy atom. The number of ether oxygens (including phenoxy) is 2. The van der Waals surface area contributed by atoms with E-state index in [-0.39, 0.29) is 19.0 Å². The lowest BCUT2D eigenvalue weighted by Gasteiger charge is -2.08. The minimum atomic E-state index is -0.335. The minimum Gasteiger partial charge on any atom is -0.497 e. The van der Waals surface area contributed by atoms with Crippen LogP contribution < -0.4 is 4.74 Å². The lowest BCUT2D eigenvalue weighted by Crippen LogP contribution is -2.07. The van der Waals surface area contributed by atoms with Crippen molar-refractivity contribution in [2.75, 3.05) is 14.2 Å². The van der Waals surface area contributed by atoms with Crippen molar-refractivity contribution in [3.63, 3.8) is 0 Å². The van der Waals surface area contributed by atoms with Crippen molar-refractivity contribution >= 4 is 5.97 Å². The second kappa shape index (κ2) is 5.36. The smallest absolute Gasteiger partial charge is 0.309 e. The van der Waals surface area contributed by atoms with Crippen LogP contribution >= 0.6 is 0 Å². The van der Waals surface area contributed by atoms with Gasteiger partial charge in [-0.2, -0.15) is 0 Å². The van der Waals surface area contributed by atoms with E-state index >= 15 is 0 Å². The van der Waals surface area contributed by atoms with Gasteiger partial charge < -0.3 is 14.6 Å². The van der Waals surface area contributed by atoms with E-state index in [2.05, 4.69) is 4.74 Å². The Morgan fingerprint density at radius 3 is 2.60 bits per heavy atom. The summed E-state index contributed by atoms with van der Waals surface area (Å²) >= 11 is 0. The molecule has 4 nitrogen and oxygen atoms in total. The Bertz CT molecular complexity index is 346. The Kier molecular flexibility index (Phi) is 4.12. The Morgan fingerprint density at radius 1 is 1.33 bits per heavy atom. The maximum atomic E-state index is 11.1. The summed E-state index contributed by atoms with van der Waals surface area (Å²) in [5.41, 5.74) is 1.44. The summed E-state index contributed by atoms with van der Waals surface area (Å²) < 4.78 is 9.60. The van der Waals surface area contributed by atoms with Gasteiger partial charge in [0.25, 0.3) is 0 Å². The number of hydrogen-bond acceptors (Lipinski definition) is 4. The number of benzene rings is 1. The van der Waals surface area contributed by atoms with Crippen LogP contribution in [0.3, 0.4) is 0 Å². The average molecular weight is 210 g/mol. The highest BCUT2D eigenvalue weighted by molar-refractivity contribution is 5.73. The molecule has 0 unspecified atom stereocenters. The molecule has 0 aliphatic carbocycles. The van der Waals surface area contributed by atoms with Gasteiger partial charge in [0, 0.05) is 0 Å². The van der Waals surface area contributed by atoms with Gasteiger partial charge in [-0.25, -0.2) is 0 Å². The van der Waals surface area contributed by atoms with Crippen LogP contribution in [-0.2, 0) is 22.6 Å². The zero-order chi connectivity index (χ0) is 11.3. The molecular formula is C11H14O4. The van der Waals surface area contributed by atoms with Gasteiger partial charge in [-0.15, -0.1) is 0 Å². The molecule has 1 N–H and O–H groups in total. The highest BCUT2D eigenvalue weighted by Gasteiger charge is 2.08. The highest BCUT2D eigenvalue weighted by Crippen LogP contribution is 2.18. The van der Waals surface area contributed by atoms with Crippen molar-refractivity contribution in [1.29, 1.82) is 0 Å². The van der Waals surface area contributed by atoms with Crippen LogP contribution in [0.15, 0.2) is 18.2 Å². The van der Waals surface area contributed by atoms with E-state index in [0.717, 1.165) is 5.56 Å². The third-order valence-electron chi connectivity index (χ3n) is 2.15. The summed E-state index contributed by atoms with van der Waals surface area (Å²) in [7, 11) is 2.89. The third kappa shape index (κ3) is 2.95. The van der Waals surface area contributed by atoms with E-state index in [9.17, 15) is 4.79 Å². The molecule has 0 saturated carbocycles. The topological polar surface area (TPSA) is 55.8 Å². The largest absolute Gasteiger partial charge is 0.497 e. The maximum absolute atomic E-state index is 11.1. The Labute approximate surface area is 88.4 Å². The first-order valence-electron chi connectivity index (χ1n) is 4.54. The molecule has 0 spiro atoms. The van der Waals surface area contributed by atoms with Crippen LogP contribution in [0.4, 0.5) is 0 Å². The molecule has 15 heavy (non-hydrogen) atoms. The van der Waals surface area contributed by atoms with E-state index < -0.39 is 0 Å². The van der Waals surface area contributed by atoms with Gasteiger partial charge in [0.1, 0.15) is 5.75 Å². The van der Waals surface area contributed by atoms with E-state index in [0.29, 0.717) is 11.3 Å². The van der Waals surface area contributed by atoms with Crippen LogP contribution in [0.5, 0.6) is 5.75 Å². The third-order valence-corrected chi connectivity index (χ3v) is 2.15. The molecule has 0 bridgehead atoms. The summed E-state index contributed by atoms with van der Waals surface area (Å²) in [5.74, 6) is 0.323. The van der Waals surface area contributed by atoms with E-state index in [1.807, 2.05) is 0 Å². The van der Waals surface area contributed by atoms with E-state index in [1.165, 1.54) is 7.11 Å². The van der Waals surface area contributed by atoms with Crippen LogP contribution in [0.2, 0.25) is 0 Å². The second-order valence-electron chi connectivity index (χ2n) is 3.05. The molecule has 0 fully saturated rings. The van der Waals surface area contributed by atoms with Crippen LogP contribution in [-0.4, -0.2) is 25.3 Å². The van der Waals surface area contributed by atoms with Gasteiger partial charge in [-0.05, 0) is 23.3 Å². The van der Waals surface area contributed by atoms with Crippen molar-refractivity contribution in [2.45, 2.75) is 13.0 Å². The minimum absolute atomic E-state index is 0.101. The summed E-state index contributed by atoms with van der Waals surface area (Å²) in [6.45, 7) is -0.101. The van der Waals surface area contributed by atoms with Crippen molar-refractivity contribution in [3.05, 3.63) is 29.3 Å². The first-order valence-corrected chi connectivity index (χ1v) is 4.54. The van der Waals surface area contributed by atoms with Crippen molar-refractivity contribution in [1.82, 2.24) is 0 Å². The van der Waals surface area contributed by atoms with Crippen molar-refractivity contribution < 1.29 is 19.4 Å². The number of rotatable bonds is 4. The number of hydrogen-bond donors (Lipinski definition) is 1. The summed E-state index contributed by atoms with van der Waals surface area (Å²) in [5, 5.41) is 9.07. The number of esters is 1. The number of carbonyl (C=O) groups is 1. The number of carbonyl (C=O) groups excluding carboxylic acids is 1. The molecule has 0 atom stereocenters. The molecule has 0 amide bonds. The number of aliphatic hydroxyl groups is 1. The van der Waals surface area contributed by atoms with E-state index in [4.69, 9.17) is 9.84 Å². The second-order valence-corrected chi connectivity index (χ2v) is 3.05. The lowest BCUT2D eigenvalue weighted by atomic mass is 10.0. The van der Waals surface area contributed by atoms with Crippen molar-refractivity contribution in [3.8, 4) is 5.75 Å². The molecule has 1 aromatic rings. The number of methoxy groups -OCH3 is 2. The summed E-state index contributed by atoms with van der Waals surface area (Å²) in [6, 6.07) is 5.20. The first kappa shape index (κ1) is 11.5. The maximum Gasteiger partial charge on any atom is 0.309 e. The monoisotopic (exact) mass is 210 g/mol. The zero-order valence-corrected chi connectivity index (χ0v) is 8.82. The standard InChI is InChI=1S/C11H14O4/c1-14-10-4-3-8(7-12)9(5-10)6-11(13)15-2/h3-5,12H,6-7H2,1-2H3. The Balaban J connectivity index is 2.95. The molecule has 1 rings (SSSR count). The first-order chi connectivity index (χ1) is 7.21. The highest BCUT2D eigenvalue weighted by atomic mass is 16.5. The summed E-state index contributed by atoms with van der Waals surface area (Å²) in [6.07, 6.45) is 0.142. The lowest BCUT2D eigenvalue weighted by molar-refractivity contribution is -0.139. The van der Waals surface area contributed by atoms with Gasteiger partial charge >= 0.3 is 5.97 Å². The molecule has 0 aliphatic rings. The van der Waals surface area contributed by atoms with Crippen LogP contribution in [0.1, 0.15) is 11.1 Å². The molecule has 0 heterocycles. The van der Waals surface area contributed by atoms with Gasteiger partial charge in [-0.3, -0.25) is 4.79 Å². The summed E-state index contributed by atoms with van der Waals surface area (Å²) in [4.78, 5) is 11.1. The van der Waals surface area contributed by atoms with Gasteiger partial charge in [0.05, 0.1) is 27.2 Å². The molecule has 0 radical (unpaired) electrons. The molecular weight excluding hydrogens is 196 g/mol. The molecule has 0 aliphatic heterocycles. The van der Waals surface area contributed by atoms with E-state index in [1.54, 1.807) is 25.3 Å². The van der Waals surface area contributed by atoms with Crippen LogP contribution in [0.25, 0.3) is 0 Å². The predicted molar refractivity (Wildman–Crippen MR) is 54.6 cm³/mol. The molecule has 4 heteroatoms. The van der Waals surface area contributed by atoms with Gasteiger partial charge in [-0.1, -0.05) is 6.07 Å². The molecule has 82 valence electrons. The predicted octanol–water partition coefficient (Wildman–Crippen LogP) is 0.903. The molecule has 1 aromatic carbocycles. The average Bonchev–Trinajstić information content (AvgIpc) is 2.28. The SMILES string of the molecule is COC(=O)Cc1cc(OC)ccc1CO. The zero-order valence-electron chi connectivity index (χ0n) is 8.82. The van der Waals surface area contributed by atoms with Gasteiger partial charge in [0.15, 0.2) is 0 Å². The normalized spacial score (nSPS) is 9.80. The number of aliphatic hydroxyl groups excluding tert-OH is 1. The molecule has 0 saturated heterocycles. The fourth-order valence-electron chi connectivity index (χ4n) is 1.28. The molecule has 0 aromatic heterocycles. The quantitative estimate of drug-likeness (QED) is 0.750. The van der Waals surface area contributed by atoms with Gasteiger partial charge in [0.2, 0.25) is 0 Å². The fourth-order valence-corrected chi connectivity index (χ4v) is 1.28. The Hall–Kier alpha value is -1.55. The van der Waals surface area contributed by atoms with Crippen molar-refractivity contribution in [2.24, 2.45) is 0 Å².